The summed E-state index contributed by atoms with van der Waals surface area (Å²) in [6.07, 6.45) is 3.54. The van der Waals surface area contributed by atoms with Gasteiger partial charge in [-0.1, -0.05) is 19.1 Å². The van der Waals surface area contributed by atoms with Gasteiger partial charge in [-0.3, -0.25) is 0 Å². The van der Waals surface area contributed by atoms with Crippen molar-refractivity contribution in [3.8, 4) is 6.01 Å². The molecule has 1 aromatic heterocycles. The van der Waals surface area contributed by atoms with Crippen LogP contribution in [0.25, 0.3) is 0 Å². The van der Waals surface area contributed by atoms with E-state index in [-0.39, 0.29) is 24.3 Å². The van der Waals surface area contributed by atoms with E-state index in [1.807, 2.05) is 6.92 Å². The van der Waals surface area contributed by atoms with Gasteiger partial charge in [-0.25, -0.2) is 9.07 Å². The number of thiocarbonyl (C=S) groups is 1. The highest BCUT2D eigenvalue weighted by Gasteiger charge is 2.45. The van der Waals surface area contributed by atoms with E-state index in [1.54, 1.807) is 19.1 Å². The average Bonchev–Trinajstić information content (AvgIpc) is 3.30. The lowest BCUT2D eigenvalue weighted by Gasteiger charge is -2.35. The molecule has 128 valence electrons. The number of ether oxygens (including phenoxy) is 1. The van der Waals surface area contributed by atoms with Crippen LogP contribution in [0.1, 0.15) is 32.3 Å². The summed E-state index contributed by atoms with van der Waals surface area (Å²) in [6.45, 7) is 3.82. The van der Waals surface area contributed by atoms with Crippen LogP contribution in [0.15, 0.2) is 30.6 Å². The molecule has 2 aromatic rings. The second-order valence-electron chi connectivity index (χ2n) is 6.35. The van der Waals surface area contributed by atoms with E-state index in [1.165, 1.54) is 23.1 Å². The molecule has 2 atom stereocenters. The number of aliphatic hydroxyl groups is 1. The summed E-state index contributed by atoms with van der Waals surface area (Å²) < 4.78 is 20.2. The smallest absolute Gasteiger partial charge is 0.320 e. The summed E-state index contributed by atoms with van der Waals surface area (Å²) in [5.74, 6) is 0.107. The summed E-state index contributed by atoms with van der Waals surface area (Å²) in [5, 5.41) is 16.0. The first-order valence-electron chi connectivity index (χ1n) is 7.95. The number of aromatic nitrogens is 3. The molecule has 3 rings (SSSR count). The quantitative estimate of drug-likeness (QED) is 0.812. The first-order valence-corrected chi connectivity index (χ1v) is 8.35. The Morgan fingerprint density at radius 1 is 1.46 bits per heavy atom. The summed E-state index contributed by atoms with van der Waals surface area (Å²) in [4.78, 5) is 4.04. The van der Waals surface area contributed by atoms with Crippen LogP contribution in [-0.4, -0.2) is 24.9 Å². The van der Waals surface area contributed by atoms with Crippen molar-refractivity contribution >= 4 is 17.3 Å². The van der Waals surface area contributed by atoms with Gasteiger partial charge in [0.15, 0.2) is 5.05 Å². The Bertz CT molecular complexity index is 730. The van der Waals surface area contributed by atoms with Crippen LogP contribution in [0.3, 0.4) is 0 Å². The topological polar surface area (TPSA) is 60.2 Å². The molecule has 0 saturated heterocycles. The van der Waals surface area contributed by atoms with Crippen molar-refractivity contribution in [1.82, 2.24) is 14.8 Å². The summed E-state index contributed by atoms with van der Waals surface area (Å²) in [6, 6.07) is 6.21. The molecule has 1 N–H and O–H groups in total. The average molecular weight is 349 g/mol. The molecule has 0 amide bonds. The molecule has 1 fully saturated rings. The maximum Gasteiger partial charge on any atom is 0.320 e. The molecule has 5 nitrogen and oxygen atoms in total. The largest absolute Gasteiger partial charge is 0.417 e. The number of hydrogen-bond acceptors (Lipinski definition) is 5. The van der Waals surface area contributed by atoms with Gasteiger partial charge in [0.05, 0.1) is 6.54 Å². The Balaban J connectivity index is 1.95. The molecular formula is C17H20FN3O2S. The van der Waals surface area contributed by atoms with E-state index in [9.17, 15) is 9.50 Å². The predicted octanol–water partition coefficient (Wildman–Crippen LogP) is 3.08. The monoisotopic (exact) mass is 349 g/mol. The number of hydrogen-bond donors (Lipinski definition) is 1. The molecule has 7 heteroatoms. The van der Waals surface area contributed by atoms with Crippen molar-refractivity contribution in [2.45, 2.75) is 38.8 Å². The Morgan fingerprint density at radius 3 is 2.71 bits per heavy atom. The number of nitrogens with zero attached hydrogens (tertiary/aromatic N) is 3. The zero-order valence-electron chi connectivity index (χ0n) is 13.6. The first kappa shape index (κ1) is 17.0. The molecule has 0 bridgehead atoms. The predicted molar refractivity (Wildman–Crippen MR) is 91.1 cm³/mol. The van der Waals surface area contributed by atoms with Crippen LogP contribution in [0, 0.1) is 17.7 Å². The molecule has 1 aromatic carbocycles. The lowest BCUT2D eigenvalue weighted by molar-refractivity contribution is -0.0453. The van der Waals surface area contributed by atoms with E-state index in [4.69, 9.17) is 17.0 Å². The van der Waals surface area contributed by atoms with Crippen LogP contribution in [-0.2, 0) is 12.1 Å². The van der Waals surface area contributed by atoms with Crippen LogP contribution in [0.5, 0.6) is 6.01 Å². The van der Waals surface area contributed by atoms with Crippen molar-refractivity contribution in [3.05, 3.63) is 42.0 Å². The molecule has 1 saturated carbocycles. The molecule has 1 aliphatic carbocycles. The molecule has 1 heterocycles. The van der Waals surface area contributed by atoms with E-state index in [0.29, 0.717) is 16.5 Å². The zero-order valence-corrected chi connectivity index (χ0v) is 14.5. The van der Waals surface area contributed by atoms with E-state index < -0.39 is 5.60 Å². The Labute approximate surface area is 145 Å². The second kappa shape index (κ2) is 6.57. The van der Waals surface area contributed by atoms with Crippen molar-refractivity contribution in [1.29, 1.82) is 0 Å². The third-order valence-corrected chi connectivity index (χ3v) is 4.72. The van der Waals surface area contributed by atoms with Crippen LogP contribution in [0.4, 0.5) is 4.39 Å². The van der Waals surface area contributed by atoms with Crippen LogP contribution in [0.2, 0.25) is 0 Å². The molecular weight excluding hydrogens is 329 g/mol. The fourth-order valence-corrected chi connectivity index (χ4v) is 3.10. The van der Waals surface area contributed by atoms with Gasteiger partial charge < -0.3 is 9.84 Å². The van der Waals surface area contributed by atoms with Crippen LogP contribution >= 0.6 is 12.2 Å². The third-order valence-electron chi connectivity index (χ3n) is 4.63. The first-order chi connectivity index (χ1) is 11.4. The van der Waals surface area contributed by atoms with Gasteiger partial charge in [-0.05, 0) is 54.6 Å². The van der Waals surface area contributed by atoms with Gasteiger partial charge in [0.25, 0.3) is 0 Å². The van der Waals surface area contributed by atoms with Crippen LogP contribution < -0.4 is 4.74 Å². The molecule has 0 aliphatic heterocycles. The number of benzene rings is 1. The van der Waals surface area contributed by atoms with Crippen molar-refractivity contribution in [2.75, 3.05) is 0 Å². The SMILES string of the molecule is CC(=S)Oc1ncnn1C[C@@](O)(c1ccc(F)cc1)C(C)C1CC1. The van der Waals surface area contributed by atoms with Gasteiger partial charge in [-0.15, -0.1) is 0 Å². The van der Waals surface area contributed by atoms with Crippen molar-refractivity contribution < 1.29 is 14.2 Å². The van der Waals surface area contributed by atoms with Gasteiger partial charge in [0.1, 0.15) is 17.7 Å². The highest BCUT2D eigenvalue weighted by Crippen LogP contribution is 2.46. The molecule has 1 unspecified atom stereocenters. The maximum atomic E-state index is 13.3. The fourth-order valence-electron chi connectivity index (χ4n) is 3.02. The van der Waals surface area contributed by atoms with E-state index >= 15 is 0 Å². The minimum atomic E-state index is -1.20. The van der Waals surface area contributed by atoms with Gasteiger partial charge in [0.2, 0.25) is 0 Å². The number of rotatable bonds is 6. The zero-order chi connectivity index (χ0) is 17.3. The summed E-state index contributed by atoms with van der Waals surface area (Å²) >= 11 is 4.95. The Kier molecular flexibility index (Phi) is 4.64. The Morgan fingerprint density at radius 2 is 2.12 bits per heavy atom. The summed E-state index contributed by atoms with van der Waals surface area (Å²) in [5.41, 5.74) is -0.542. The highest BCUT2D eigenvalue weighted by molar-refractivity contribution is 7.80. The third kappa shape index (κ3) is 3.47. The minimum Gasteiger partial charge on any atom is -0.417 e. The fraction of sp³-hybridized carbons (Fsp3) is 0.471. The van der Waals surface area contributed by atoms with E-state index in [0.717, 1.165) is 12.8 Å². The van der Waals surface area contributed by atoms with Gasteiger partial charge in [0, 0.05) is 6.92 Å². The van der Waals surface area contributed by atoms with E-state index in [2.05, 4.69) is 10.1 Å². The normalized spacial score (nSPS) is 18.0. The molecule has 0 radical (unpaired) electrons. The lowest BCUT2D eigenvalue weighted by Crippen LogP contribution is -2.39. The van der Waals surface area contributed by atoms with Gasteiger partial charge in [-0.2, -0.15) is 10.1 Å². The Hall–Kier alpha value is -1.86. The molecule has 1 aliphatic rings. The van der Waals surface area contributed by atoms with Crippen molar-refractivity contribution in [3.63, 3.8) is 0 Å². The molecule has 0 spiro atoms. The second-order valence-corrected chi connectivity index (χ2v) is 6.93. The maximum absolute atomic E-state index is 13.3. The standard InChI is InChI=1S/C17H20FN3O2S/c1-11(13-3-4-13)17(22,14-5-7-15(18)8-6-14)9-21-16(19-10-20-21)23-12(2)24/h5-8,10-11,13,22H,3-4,9H2,1-2H3/t11?,17-/m0/s1. The minimum absolute atomic E-state index is 0.00594. The lowest BCUT2D eigenvalue weighted by atomic mass is 9.79. The van der Waals surface area contributed by atoms with Gasteiger partial charge >= 0.3 is 6.01 Å². The molecule has 24 heavy (non-hydrogen) atoms. The number of halogens is 1. The summed E-state index contributed by atoms with van der Waals surface area (Å²) in [7, 11) is 0. The highest BCUT2D eigenvalue weighted by atomic mass is 32.1. The van der Waals surface area contributed by atoms with Crippen molar-refractivity contribution in [2.24, 2.45) is 11.8 Å².